The summed E-state index contributed by atoms with van der Waals surface area (Å²) in [7, 11) is 1.85. The van der Waals surface area contributed by atoms with Gasteiger partial charge in [0.1, 0.15) is 11.6 Å². The number of hydrogen-bond donors (Lipinski definition) is 3. The summed E-state index contributed by atoms with van der Waals surface area (Å²) < 4.78 is 0. The van der Waals surface area contributed by atoms with Gasteiger partial charge in [-0.05, 0) is 19.1 Å². The fraction of sp³-hybridized carbons (Fsp3) is 0.714. The lowest BCUT2D eigenvalue weighted by Crippen LogP contribution is -2.35. The Bertz CT molecular complexity index is 413. The van der Waals surface area contributed by atoms with Crippen LogP contribution in [0, 0.1) is 5.41 Å². The van der Waals surface area contributed by atoms with Gasteiger partial charge >= 0.3 is 0 Å². The quantitative estimate of drug-likeness (QED) is 0.554. The molecule has 1 aromatic heterocycles. The first kappa shape index (κ1) is 15.4. The Balaban J connectivity index is 2.05. The van der Waals surface area contributed by atoms with E-state index in [0.717, 1.165) is 36.2 Å². The Morgan fingerprint density at radius 3 is 2.55 bits per heavy atom. The van der Waals surface area contributed by atoms with E-state index < -0.39 is 0 Å². The maximum absolute atomic E-state index is 9.73. The highest BCUT2D eigenvalue weighted by atomic mass is 32.2. The predicted octanol–water partition coefficient (Wildman–Crippen LogP) is 2.59. The molecule has 2 rings (SSSR count). The third-order valence-corrected chi connectivity index (χ3v) is 4.59. The molecule has 0 atom stereocenters. The number of thioether (sulfide) groups is 1. The molecule has 6 heteroatoms. The minimum absolute atomic E-state index is 0.0164. The van der Waals surface area contributed by atoms with Crippen molar-refractivity contribution in [3.63, 3.8) is 0 Å². The second-order valence-corrected chi connectivity index (χ2v) is 6.22. The summed E-state index contributed by atoms with van der Waals surface area (Å²) in [5, 5.41) is 16.9. The highest BCUT2D eigenvalue weighted by Crippen LogP contribution is 2.36. The molecule has 1 aliphatic carbocycles. The molecular weight excluding hydrogens is 272 g/mol. The Hall–Kier alpha value is -1.01. The highest BCUT2D eigenvalue weighted by Gasteiger charge is 2.31. The standard InChI is InChI=1S/C14H24N4OS/c1-15-11-8-12(18-13(17-11)20-2)16-9-14(10-19)6-4-3-5-7-14/h8,19H,3-7,9-10H2,1-2H3,(H2,15,16,17,18). The summed E-state index contributed by atoms with van der Waals surface area (Å²) in [5.41, 5.74) is 0.0164. The number of nitrogens with zero attached hydrogens (tertiary/aromatic N) is 2. The second kappa shape index (κ2) is 7.13. The lowest BCUT2D eigenvalue weighted by Gasteiger charge is -2.35. The molecule has 0 amide bonds. The fourth-order valence-corrected chi connectivity index (χ4v) is 3.08. The first-order chi connectivity index (χ1) is 9.71. The monoisotopic (exact) mass is 296 g/mol. The lowest BCUT2D eigenvalue weighted by molar-refractivity contribution is 0.0943. The molecule has 0 aliphatic heterocycles. The first-order valence-corrected chi connectivity index (χ1v) is 8.39. The Morgan fingerprint density at radius 2 is 1.95 bits per heavy atom. The molecule has 1 saturated carbocycles. The Kier molecular flexibility index (Phi) is 5.48. The number of anilines is 2. The van der Waals surface area contributed by atoms with Crippen molar-refractivity contribution >= 4 is 23.4 Å². The molecular formula is C14H24N4OS. The van der Waals surface area contributed by atoms with E-state index in [1.165, 1.54) is 31.0 Å². The van der Waals surface area contributed by atoms with E-state index in [4.69, 9.17) is 0 Å². The summed E-state index contributed by atoms with van der Waals surface area (Å²) in [6.45, 7) is 1.02. The zero-order valence-electron chi connectivity index (χ0n) is 12.3. The maximum atomic E-state index is 9.73. The van der Waals surface area contributed by atoms with Crippen LogP contribution in [0.25, 0.3) is 0 Å². The topological polar surface area (TPSA) is 70.1 Å². The molecule has 0 spiro atoms. The van der Waals surface area contributed by atoms with Crippen LogP contribution in [0.3, 0.4) is 0 Å². The van der Waals surface area contributed by atoms with Crippen molar-refractivity contribution in [1.82, 2.24) is 9.97 Å². The smallest absolute Gasteiger partial charge is 0.191 e. The van der Waals surface area contributed by atoms with E-state index in [2.05, 4.69) is 20.6 Å². The van der Waals surface area contributed by atoms with Crippen LogP contribution in [0.1, 0.15) is 32.1 Å². The number of aliphatic hydroxyl groups is 1. The third-order valence-electron chi connectivity index (χ3n) is 4.04. The molecule has 1 aliphatic rings. The van der Waals surface area contributed by atoms with Crippen LogP contribution in [-0.4, -0.2) is 41.5 Å². The van der Waals surface area contributed by atoms with Crippen molar-refractivity contribution in [2.75, 3.05) is 37.1 Å². The van der Waals surface area contributed by atoms with Gasteiger partial charge in [0.2, 0.25) is 0 Å². The van der Waals surface area contributed by atoms with Gasteiger partial charge in [0.05, 0.1) is 6.61 Å². The summed E-state index contributed by atoms with van der Waals surface area (Å²) in [6.07, 6.45) is 7.87. The van der Waals surface area contributed by atoms with Crippen LogP contribution in [0.15, 0.2) is 11.2 Å². The van der Waals surface area contributed by atoms with Gasteiger partial charge in [-0.2, -0.15) is 0 Å². The van der Waals surface area contributed by atoms with Crippen LogP contribution < -0.4 is 10.6 Å². The molecule has 20 heavy (non-hydrogen) atoms. The summed E-state index contributed by atoms with van der Waals surface area (Å²) >= 11 is 1.53. The van der Waals surface area contributed by atoms with Gasteiger partial charge < -0.3 is 15.7 Å². The molecule has 1 aromatic rings. The molecule has 0 saturated heterocycles. The Morgan fingerprint density at radius 1 is 1.25 bits per heavy atom. The minimum Gasteiger partial charge on any atom is -0.396 e. The van der Waals surface area contributed by atoms with E-state index in [-0.39, 0.29) is 12.0 Å². The van der Waals surface area contributed by atoms with Gasteiger partial charge in [0.25, 0.3) is 0 Å². The van der Waals surface area contributed by atoms with Crippen LogP contribution in [0.4, 0.5) is 11.6 Å². The van der Waals surface area contributed by atoms with Gasteiger partial charge in [-0.3, -0.25) is 0 Å². The molecule has 112 valence electrons. The van der Waals surface area contributed by atoms with Crippen molar-refractivity contribution < 1.29 is 5.11 Å². The molecule has 0 aromatic carbocycles. The number of hydrogen-bond acceptors (Lipinski definition) is 6. The van der Waals surface area contributed by atoms with Crippen LogP contribution in [0.2, 0.25) is 0 Å². The van der Waals surface area contributed by atoms with E-state index >= 15 is 0 Å². The molecule has 0 bridgehead atoms. The van der Waals surface area contributed by atoms with Crippen molar-refractivity contribution in [3.05, 3.63) is 6.07 Å². The normalized spacial score (nSPS) is 17.8. The average Bonchev–Trinajstić information content (AvgIpc) is 2.53. The number of aromatic nitrogens is 2. The largest absolute Gasteiger partial charge is 0.396 e. The molecule has 5 nitrogen and oxygen atoms in total. The van der Waals surface area contributed by atoms with Crippen molar-refractivity contribution in [1.29, 1.82) is 0 Å². The molecule has 1 heterocycles. The zero-order valence-corrected chi connectivity index (χ0v) is 13.1. The van der Waals surface area contributed by atoms with Crippen molar-refractivity contribution in [2.45, 2.75) is 37.3 Å². The highest BCUT2D eigenvalue weighted by molar-refractivity contribution is 7.98. The third kappa shape index (κ3) is 3.76. The summed E-state index contributed by atoms with van der Waals surface area (Å²) in [4.78, 5) is 8.82. The second-order valence-electron chi connectivity index (χ2n) is 5.45. The zero-order chi connectivity index (χ0) is 14.4. The van der Waals surface area contributed by atoms with E-state index in [9.17, 15) is 5.11 Å². The molecule has 0 unspecified atom stereocenters. The van der Waals surface area contributed by atoms with Crippen LogP contribution >= 0.6 is 11.8 Å². The summed E-state index contributed by atoms with van der Waals surface area (Å²) in [6, 6.07) is 1.91. The number of rotatable bonds is 6. The van der Waals surface area contributed by atoms with E-state index in [0.29, 0.717) is 0 Å². The fourth-order valence-electron chi connectivity index (χ4n) is 2.71. The average molecular weight is 296 g/mol. The number of aliphatic hydroxyl groups excluding tert-OH is 1. The van der Waals surface area contributed by atoms with Crippen LogP contribution in [-0.2, 0) is 0 Å². The van der Waals surface area contributed by atoms with Crippen LogP contribution in [0.5, 0.6) is 0 Å². The summed E-state index contributed by atoms with van der Waals surface area (Å²) in [5.74, 6) is 1.64. The van der Waals surface area contributed by atoms with E-state index in [1.807, 2.05) is 19.4 Å². The molecule has 3 N–H and O–H groups in total. The van der Waals surface area contributed by atoms with Crippen molar-refractivity contribution in [2.24, 2.45) is 5.41 Å². The van der Waals surface area contributed by atoms with Gasteiger partial charge in [-0.25, -0.2) is 9.97 Å². The van der Waals surface area contributed by atoms with Gasteiger partial charge in [-0.1, -0.05) is 31.0 Å². The first-order valence-electron chi connectivity index (χ1n) is 7.17. The maximum Gasteiger partial charge on any atom is 0.191 e. The van der Waals surface area contributed by atoms with E-state index in [1.54, 1.807) is 0 Å². The van der Waals surface area contributed by atoms with Gasteiger partial charge in [0, 0.05) is 25.1 Å². The van der Waals surface area contributed by atoms with Gasteiger partial charge in [0.15, 0.2) is 5.16 Å². The Labute approximate surface area is 125 Å². The number of nitrogens with one attached hydrogen (secondary N) is 2. The lowest BCUT2D eigenvalue weighted by atomic mass is 9.74. The molecule has 1 fully saturated rings. The predicted molar refractivity (Wildman–Crippen MR) is 84.5 cm³/mol. The minimum atomic E-state index is 0.0164. The molecule has 0 radical (unpaired) electrons. The van der Waals surface area contributed by atoms with Crippen molar-refractivity contribution in [3.8, 4) is 0 Å². The SMILES string of the molecule is CNc1cc(NCC2(CO)CCCCC2)nc(SC)n1. The van der Waals surface area contributed by atoms with Gasteiger partial charge in [-0.15, -0.1) is 0 Å².